The summed E-state index contributed by atoms with van der Waals surface area (Å²) >= 11 is 0. The van der Waals surface area contributed by atoms with Crippen LogP contribution in [0.5, 0.6) is 5.75 Å². The fourth-order valence-corrected chi connectivity index (χ4v) is 4.70. The van der Waals surface area contributed by atoms with Crippen LogP contribution in [0, 0.1) is 12.8 Å². The van der Waals surface area contributed by atoms with Gasteiger partial charge in [-0.25, -0.2) is 8.42 Å². The lowest BCUT2D eigenvalue weighted by Crippen LogP contribution is -2.45. The highest BCUT2D eigenvalue weighted by atomic mass is 32.2. The number of nitrogens with one attached hydrogen (secondary N) is 1. The highest BCUT2D eigenvalue weighted by Gasteiger charge is 2.34. The topological polar surface area (TPSA) is 95.9 Å². The summed E-state index contributed by atoms with van der Waals surface area (Å²) in [5.41, 5.74) is 0.828. The number of hydrogen-bond donors (Lipinski definition) is 2. The lowest BCUT2D eigenvalue weighted by Gasteiger charge is -2.31. The number of piperidine rings is 1. The Kier molecular flexibility index (Phi) is 6.80. The third-order valence-corrected chi connectivity index (χ3v) is 6.21. The average molecular weight is 370 g/mol. The maximum Gasteiger partial charge on any atom is 0.246 e. The summed E-state index contributed by atoms with van der Waals surface area (Å²) in [6.45, 7) is 2.78. The van der Waals surface area contributed by atoms with Crippen LogP contribution in [-0.4, -0.2) is 57.1 Å². The van der Waals surface area contributed by atoms with Crippen molar-refractivity contribution in [3.05, 3.63) is 23.8 Å². The van der Waals surface area contributed by atoms with Gasteiger partial charge in [-0.1, -0.05) is 6.07 Å². The Balaban J connectivity index is 2.17. The molecule has 1 amide bonds. The van der Waals surface area contributed by atoms with Gasteiger partial charge in [-0.15, -0.1) is 0 Å². The minimum atomic E-state index is -3.73. The van der Waals surface area contributed by atoms with Crippen LogP contribution in [0.4, 0.5) is 0 Å². The third kappa shape index (κ3) is 4.71. The predicted molar refractivity (Wildman–Crippen MR) is 93.9 cm³/mol. The van der Waals surface area contributed by atoms with Crippen LogP contribution in [0.3, 0.4) is 0 Å². The zero-order chi connectivity index (χ0) is 18.4. The maximum absolute atomic E-state index is 13.0. The summed E-state index contributed by atoms with van der Waals surface area (Å²) in [6, 6.07) is 5.04. The van der Waals surface area contributed by atoms with Crippen molar-refractivity contribution in [2.75, 3.05) is 33.4 Å². The molecule has 2 N–H and O–H groups in total. The summed E-state index contributed by atoms with van der Waals surface area (Å²) in [7, 11) is -2.29. The van der Waals surface area contributed by atoms with E-state index in [4.69, 9.17) is 9.84 Å². The van der Waals surface area contributed by atoms with E-state index in [-0.39, 0.29) is 29.9 Å². The predicted octanol–water partition coefficient (Wildman–Crippen LogP) is 0.903. The van der Waals surface area contributed by atoms with Crippen molar-refractivity contribution in [1.29, 1.82) is 0 Å². The average Bonchev–Trinajstić information content (AvgIpc) is 2.62. The number of carbonyl (C=O) groups excluding carboxylic acids is 1. The van der Waals surface area contributed by atoms with Crippen LogP contribution in [-0.2, 0) is 14.8 Å². The molecule has 25 heavy (non-hydrogen) atoms. The van der Waals surface area contributed by atoms with Crippen LogP contribution >= 0.6 is 0 Å². The van der Waals surface area contributed by atoms with Crippen molar-refractivity contribution in [2.45, 2.75) is 31.1 Å². The first kappa shape index (κ1) is 19.7. The molecule has 1 heterocycles. The van der Waals surface area contributed by atoms with Gasteiger partial charge in [0.25, 0.3) is 0 Å². The molecule has 2 rings (SSSR count). The smallest absolute Gasteiger partial charge is 0.246 e. The summed E-state index contributed by atoms with van der Waals surface area (Å²) in [5.74, 6) is -0.234. The number of methoxy groups -OCH3 is 1. The van der Waals surface area contributed by atoms with Gasteiger partial charge in [0.05, 0.1) is 13.0 Å². The normalized spacial score (nSPS) is 18.8. The zero-order valence-corrected chi connectivity index (χ0v) is 15.5. The van der Waals surface area contributed by atoms with Crippen molar-refractivity contribution < 1.29 is 23.1 Å². The molecular formula is C17H26N2O5S. The van der Waals surface area contributed by atoms with E-state index in [1.54, 1.807) is 18.2 Å². The fourth-order valence-electron chi connectivity index (χ4n) is 2.93. The Morgan fingerprint density at radius 2 is 2.20 bits per heavy atom. The van der Waals surface area contributed by atoms with E-state index < -0.39 is 10.0 Å². The second-order valence-corrected chi connectivity index (χ2v) is 8.13. The molecule has 1 unspecified atom stereocenters. The molecule has 0 spiro atoms. The molecule has 1 aromatic rings. The first-order valence-corrected chi connectivity index (χ1v) is 9.87. The lowest BCUT2D eigenvalue weighted by molar-refractivity contribution is -0.126. The number of hydrogen-bond acceptors (Lipinski definition) is 5. The number of ether oxygens (including phenoxy) is 1. The number of aryl methyl sites for hydroxylation is 1. The van der Waals surface area contributed by atoms with Gasteiger partial charge in [-0.3, -0.25) is 4.79 Å². The second kappa shape index (κ2) is 8.64. The first-order valence-electron chi connectivity index (χ1n) is 8.43. The monoisotopic (exact) mass is 370 g/mol. The van der Waals surface area contributed by atoms with Gasteiger partial charge in [0.2, 0.25) is 15.9 Å². The van der Waals surface area contributed by atoms with Crippen molar-refractivity contribution >= 4 is 15.9 Å². The highest BCUT2D eigenvalue weighted by molar-refractivity contribution is 7.89. The molecule has 7 nitrogen and oxygen atoms in total. The van der Waals surface area contributed by atoms with Crippen molar-refractivity contribution in [2.24, 2.45) is 5.92 Å². The molecular weight excluding hydrogens is 344 g/mol. The fraction of sp³-hybridized carbons (Fsp3) is 0.588. The number of benzene rings is 1. The molecule has 0 aliphatic carbocycles. The zero-order valence-electron chi connectivity index (χ0n) is 14.7. The Morgan fingerprint density at radius 3 is 2.88 bits per heavy atom. The minimum absolute atomic E-state index is 0.0125. The quantitative estimate of drug-likeness (QED) is 0.696. The summed E-state index contributed by atoms with van der Waals surface area (Å²) < 4.78 is 32.6. The third-order valence-electron chi connectivity index (χ3n) is 4.33. The van der Waals surface area contributed by atoms with Gasteiger partial charge < -0.3 is 15.2 Å². The van der Waals surface area contributed by atoms with Crippen LogP contribution in [0.15, 0.2) is 23.1 Å². The maximum atomic E-state index is 13.0. The highest BCUT2D eigenvalue weighted by Crippen LogP contribution is 2.30. The molecule has 1 aliphatic rings. The molecule has 1 fully saturated rings. The largest absolute Gasteiger partial charge is 0.495 e. The number of aliphatic hydroxyl groups excluding tert-OH is 1. The SMILES string of the molecule is COc1ccc(C)cc1S(=O)(=O)N1CCCC(C(=O)NCCCO)C1. The number of rotatable bonds is 7. The molecule has 140 valence electrons. The van der Waals surface area contributed by atoms with Gasteiger partial charge >= 0.3 is 0 Å². The molecule has 1 saturated heterocycles. The van der Waals surface area contributed by atoms with Crippen molar-refractivity contribution in [1.82, 2.24) is 9.62 Å². The van der Waals surface area contributed by atoms with Gasteiger partial charge in [0.15, 0.2) is 0 Å². The molecule has 0 bridgehead atoms. The first-order chi connectivity index (χ1) is 11.9. The summed E-state index contributed by atoms with van der Waals surface area (Å²) in [4.78, 5) is 12.4. The van der Waals surface area contributed by atoms with Gasteiger partial charge in [-0.2, -0.15) is 4.31 Å². The molecule has 0 saturated carbocycles. The van der Waals surface area contributed by atoms with E-state index in [2.05, 4.69) is 5.32 Å². The number of sulfonamides is 1. The Bertz CT molecular complexity index is 705. The summed E-state index contributed by atoms with van der Waals surface area (Å²) in [6.07, 6.45) is 1.77. The molecule has 1 atom stereocenters. The van der Waals surface area contributed by atoms with E-state index in [0.717, 1.165) is 5.56 Å². The molecule has 0 radical (unpaired) electrons. The van der Waals surface area contributed by atoms with Crippen molar-refractivity contribution in [3.8, 4) is 5.75 Å². The van der Waals surface area contributed by atoms with Crippen LogP contribution in [0.2, 0.25) is 0 Å². The molecule has 0 aromatic heterocycles. The Hall–Kier alpha value is -1.64. The van der Waals surface area contributed by atoms with Crippen LogP contribution in [0.1, 0.15) is 24.8 Å². The summed E-state index contributed by atoms with van der Waals surface area (Å²) in [5, 5.41) is 11.5. The number of nitrogens with zero attached hydrogens (tertiary/aromatic N) is 1. The number of carbonyl (C=O) groups is 1. The van der Waals surface area contributed by atoms with E-state index in [1.165, 1.54) is 11.4 Å². The molecule has 1 aliphatic heterocycles. The van der Waals surface area contributed by atoms with E-state index >= 15 is 0 Å². The van der Waals surface area contributed by atoms with Gasteiger partial charge in [0.1, 0.15) is 10.6 Å². The second-order valence-electron chi connectivity index (χ2n) is 6.22. The van der Waals surface area contributed by atoms with E-state index in [0.29, 0.717) is 38.1 Å². The standard InChI is InChI=1S/C17H26N2O5S/c1-13-6-7-15(24-2)16(11-13)25(22,23)19-9-3-5-14(12-19)17(21)18-8-4-10-20/h6-7,11,14,20H,3-5,8-10,12H2,1-2H3,(H,18,21). The van der Waals surface area contributed by atoms with Crippen LogP contribution in [0.25, 0.3) is 0 Å². The molecule has 8 heteroatoms. The van der Waals surface area contributed by atoms with E-state index in [9.17, 15) is 13.2 Å². The van der Waals surface area contributed by atoms with E-state index in [1.807, 2.05) is 6.92 Å². The van der Waals surface area contributed by atoms with Crippen LogP contribution < -0.4 is 10.1 Å². The molecule has 1 aromatic carbocycles. The number of aliphatic hydroxyl groups is 1. The Morgan fingerprint density at radius 1 is 1.44 bits per heavy atom. The Labute approximate surface area is 149 Å². The van der Waals surface area contributed by atoms with Gasteiger partial charge in [0, 0.05) is 26.2 Å². The minimum Gasteiger partial charge on any atom is -0.495 e. The lowest BCUT2D eigenvalue weighted by atomic mass is 9.99. The van der Waals surface area contributed by atoms with Crippen molar-refractivity contribution in [3.63, 3.8) is 0 Å². The van der Waals surface area contributed by atoms with Gasteiger partial charge in [-0.05, 0) is 43.9 Å². The number of amides is 1.